The van der Waals surface area contributed by atoms with Gasteiger partial charge in [0.25, 0.3) is 0 Å². The molecular formula is C15H12BrIN2O2. The number of hydrogen-bond donors (Lipinski definition) is 2. The van der Waals surface area contributed by atoms with E-state index in [0.29, 0.717) is 5.75 Å². The summed E-state index contributed by atoms with van der Waals surface area (Å²) in [4.78, 5) is 11.9. The number of hydrogen-bond acceptors (Lipinski definition) is 3. The predicted octanol–water partition coefficient (Wildman–Crippen LogP) is 4.06. The Balaban J connectivity index is 1.93. The van der Waals surface area contributed by atoms with Gasteiger partial charge in [0.05, 0.1) is 4.47 Å². The van der Waals surface area contributed by atoms with Gasteiger partial charge >= 0.3 is 0 Å². The number of carbonyl (C=O) groups is 1. The van der Waals surface area contributed by atoms with E-state index in [1.807, 2.05) is 36.4 Å². The average molecular weight is 459 g/mol. The number of ether oxygens (including phenoxy) is 1. The van der Waals surface area contributed by atoms with Crippen LogP contribution in [0.25, 0.3) is 0 Å². The molecule has 2 aromatic rings. The molecule has 21 heavy (non-hydrogen) atoms. The fourth-order valence-electron chi connectivity index (χ4n) is 2.26. The van der Waals surface area contributed by atoms with Gasteiger partial charge in [-0.1, -0.05) is 0 Å². The van der Waals surface area contributed by atoms with E-state index in [0.717, 1.165) is 25.0 Å². The predicted molar refractivity (Wildman–Crippen MR) is 93.8 cm³/mol. The molecule has 1 unspecified atom stereocenters. The molecule has 1 atom stereocenters. The van der Waals surface area contributed by atoms with Crippen LogP contribution in [0.15, 0.2) is 40.9 Å². The van der Waals surface area contributed by atoms with Crippen molar-refractivity contribution in [1.29, 1.82) is 0 Å². The molecule has 4 nitrogen and oxygen atoms in total. The number of nitrogens with one attached hydrogen (secondary N) is 2. The largest absolute Gasteiger partial charge is 0.456 e. The van der Waals surface area contributed by atoms with Crippen molar-refractivity contribution in [3.8, 4) is 11.5 Å². The van der Waals surface area contributed by atoms with Crippen molar-refractivity contribution in [3.63, 3.8) is 0 Å². The number of carbonyl (C=O) groups excluding carboxylic acids is 1. The van der Waals surface area contributed by atoms with Gasteiger partial charge in [-0.2, -0.15) is 0 Å². The maximum atomic E-state index is 11.9. The lowest BCUT2D eigenvalue weighted by Crippen LogP contribution is -2.23. The van der Waals surface area contributed by atoms with E-state index in [1.54, 1.807) is 7.05 Å². The lowest BCUT2D eigenvalue weighted by Gasteiger charge is -2.11. The molecule has 1 amide bonds. The van der Waals surface area contributed by atoms with Crippen LogP contribution in [0.4, 0.5) is 5.69 Å². The molecule has 0 radical (unpaired) electrons. The number of anilines is 1. The van der Waals surface area contributed by atoms with Crippen LogP contribution >= 0.6 is 38.5 Å². The highest BCUT2D eigenvalue weighted by Crippen LogP contribution is 2.40. The summed E-state index contributed by atoms with van der Waals surface area (Å²) in [5.41, 5.74) is 1.70. The van der Waals surface area contributed by atoms with Gasteiger partial charge in [-0.15, -0.1) is 0 Å². The minimum Gasteiger partial charge on any atom is -0.456 e. The number of amides is 1. The van der Waals surface area contributed by atoms with Crippen LogP contribution in [0.5, 0.6) is 11.5 Å². The molecule has 0 saturated heterocycles. The Kier molecular flexibility index (Phi) is 4.19. The first kappa shape index (κ1) is 14.8. The fourth-order valence-corrected chi connectivity index (χ4v) is 3.06. The zero-order chi connectivity index (χ0) is 15.0. The molecule has 2 N–H and O–H groups in total. The van der Waals surface area contributed by atoms with E-state index in [2.05, 4.69) is 49.2 Å². The maximum absolute atomic E-state index is 11.9. The Morgan fingerprint density at radius 3 is 2.67 bits per heavy atom. The zero-order valence-electron chi connectivity index (χ0n) is 11.1. The summed E-state index contributed by atoms with van der Waals surface area (Å²) in [7, 11) is 1.77. The first-order chi connectivity index (χ1) is 10.1. The molecule has 0 spiro atoms. The Bertz CT molecular complexity index is 704. The van der Waals surface area contributed by atoms with Crippen LogP contribution in [0.1, 0.15) is 11.6 Å². The Morgan fingerprint density at radius 1 is 1.29 bits per heavy atom. The van der Waals surface area contributed by atoms with Crippen LogP contribution in [0, 0.1) is 3.57 Å². The average Bonchev–Trinajstić information content (AvgIpc) is 2.76. The lowest BCUT2D eigenvalue weighted by molar-refractivity contribution is -0.117. The SMILES string of the molecule is CNC1C(=O)Nc2cc(Oc3ccc(I)cc3)c(Br)cc21. The second-order valence-corrected chi connectivity index (χ2v) is 6.74. The topological polar surface area (TPSA) is 50.4 Å². The second-order valence-electron chi connectivity index (χ2n) is 4.64. The lowest BCUT2D eigenvalue weighted by atomic mass is 10.1. The third-order valence-electron chi connectivity index (χ3n) is 3.27. The Morgan fingerprint density at radius 2 is 2.00 bits per heavy atom. The van der Waals surface area contributed by atoms with Crippen LogP contribution in [-0.4, -0.2) is 13.0 Å². The number of likely N-dealkylation sites (N-methyl/N-ethyl adjacent to an activating group) is 1. The van der Waals surface area contributed by atoms with Crippen molar-refractivity contribution in [2.24, 2.45) is 0 Å². The normalized spacial score (nSPS) is 16.5. The Hall–Kier alpha value is -1.12. The van der Waals surface area contributed by atoms with Gasteiger partial charge in [0.1, 0.15) is 17.5 Å². The molecule has 1 aliphatic rings. The van der Waals surface area contributed by atoms with E-state index >= 15 is 0 Å². The third-order valence-corrected chi connectivity index (χ3v) is 4.60. The number of rotatable bonds is 3. The summed E-state index contributed by atoms with van der Waals surface area (Å²) in [6.07, 6.45) is 0. The molecule has 2 aromatic carbocycles. The van der Waals surface area contributed by atoms with Crippen LogP contribution in [0.3, 0.4) is 0 Å². The highest BCUT2D eigenvalue weighted by molar-refractivity contribution is 14.1. The monoisotopic (exact) mass is 458 g/mol. The van der Waals surface area contributed by atoms with Crippen LogP contribution < -0.4 is 15.4 Å². The highest BCUT2D eigenvalue weighted by Gasteiger charge is 2.30. The molecule has 0 aliphatic carbocycles. The van der Waals surface area contributed by atoms with Gasteiger partial charge in [-0.3, -0.25) is 4.79 Å². The molecule has 0 bridgehead atoms. The molecule has 3 rings (SSSR count). The summed E-state index contributed by atoms with van der Waals surface area (Å²) >= 11 is 5.75. The maximum Gasteiger partial charge on any atom is 0.246 e. The smallest absolute Gasteiger partial charge is 0.246 e. The second kappa shape index (κ2) is 5.94. The minimum atomic E-state index is -0.316. The highest BCUT2D eigenvalue weighted by atomic mass is 127. The van der Waals surface area contributed by atoms with Crippen molar-refractivity contribution in [1.82, 2.24) is 5.32 Å². The standard InChI is InChI=1S/C15H12BrIN2O2/c1-18-14-10-6-11(16)13(7-12(10)19-15(14)20)21-9-4-2-8(17)3-5-9/h2-7,14,18H,1H3,(H,19,20). The van der Waals surface area contributed by atoms with Gasteiger partial charge in [-0.25, -0.2) is 0 Å². The summed E-state index contributed by atoms with van der Waals surface area (Å²) < 4.78 is 7.84. The Labute approximate surface area is 144 Å². The summed E-state index contributed by atoms with van der Waals surface area (Å²) in [5.74, 6) is 1.38. The third kappa shape index (κ3) is 2.93. The van der Waals surface area contributed by atoms with Crippen molar-refractivity contribution in [2.45, 2.75) is 6.04 Å². The fraction of sp³-hybridized carbons (Fsp3) is 0.133. The minimum absolute atomic E-state index is 0.0502. The van der Waals surface area contributed by atoms with Gasteiger partial charge in [0.2, 0.25) is 5.91 Å². The molecule has 1 heterocycles. The number of benzene rings is 2. The quantitative estimate of drug-likeness (QED) is 0.682. The first-order valence-corrected chi connectivity index (χ1v) is 8.20. The summed E-state index contributed by atoms with van der Waals surface area (Å²) in [6, 6.07) is 11.2. The molecule has 0 aromatic heterocycles. The molecule has 108 valence electrons. The van der Waals surface area contributed by atoms with Gasteiger partial charge in [0.15, 0.2) is 0 Å². The van der Waals surface area contributed by atoms with Crippen LogP contribution in [0.2, 0.25) is 0 Å². The van der Waals surface area contributed by atoms with E-state index < -0.39 is 0 Å². The molecule has 1 aliphatic heterocycles. The van der Waals surface area contributed by atoms with E-state index in [9.17, 15) is 4.79 Å². The zero-order valence-corrected chi connectivity index (χ0v) is 14.9. The van der Waals surface area contributed by atoms with Crippen molar-refractivity contribution in [3.05, 3.63) is 50.0 Å². The van der Waals surface area contributed by atoms with E-state index in [4.69, 9.17) is 4.74 Å². The van der Waals surface area contributed by atoms with Crippen molar-refractivity contribution < 1.29 is 9.53 Å². The molecular weight excluding hydrogens is 447 g/mol. The molecule has 0 fully saturated rings. The van der Waals surface area contributed by atoms with Gasteiger partial charge in [0, 0.05) is 20.9 Å². The van der Waals surface area contributed by atoms with E-state index in [1.165, 1.54) is 0 Å². The number of halogens is 2. The van der Waals surface area contributed by atoms with Crippen LogP contribution in [-0.2, 0) is 4.79 Å². The first-order valence-electron chi connectivity index (χ1n) is 6.33. The van der Waals surface area contributed by atoms with Crippen molar-refractivity contribution >= 4 is 50.1 Å². The van der Waals surface area contributed by atoms with Gasteiger partial charge in [-0.05, 0) is 75.9 Å². The van der Waals surface area contributed by atoms with E-state index in [-0.39, 0.29) is 11.9 Å². The van der Waals surface area contributed by atoms with Crippen molar-refractivity contribution in [2.75, 3.05) is 12.4 Å². The summed E-state index contributed by atoms with van der Waals surface area (Å²) in [6.45, 7) is 0. The summed E-state index contributed by atoms with van der Waals surface area (Å²) in [5, 5.41) is 5.86. The van der Waals surface area contributed by atoms with Gasteiger partial charge < -0.3 is 15.4 Å². The molecule has 6 heteroatoms. The number of fused-ring (bicyclic) bond motifs is 1. The molecule has 0 saturated carbocycles.